The second-order valence-electron chi connectivity index (χ2n) is 6.59. The molecule has 5 nitrogen and oxygen atoms in total. The molecule has 2 atom stereocenters. The zero-order chi connectivity index (χ0) is 19.9. The topological polar surface area (TPSA) is 48.9 Å². The lowest BCUT2D eigenvalue weighted by atomic mass is 10.3. The van der Waals surface area contributed by atoms with E-state index in [1.807, 2.05) is 13.8 Å². The zero-order valence-electron chi connectivity index (χ0n) is 15.9. The van der Waals surface area contributed by atoms with Crippen molar-refractivity contribution in [2.45, 2.75) is 38.6 Å². The Morgan fingerprint density at radius 2 is 2.14 bits per heavy atom. The maximum atomic E-state index is 13.2. The average molecular weight is 518 g/mol. The van der Waals surface area contributed by atoms with E-state index in [-0.39, 0.29) is 41.9 Å². The number of benzene rings is 1. The Morgan fingerprint density at radius 3 is 2.79 bits per heavy atom. The highest BCUT2D eigenvalue weighted by atomic mass is 127. The smallest absolute Gasteiger partial charge is 0.401 e. The summed E-state index contributed by atoms with van der Waals surface area (Å²) in [6.07, 6.45) is -3.85. The van der Waals surface area contributed by atoms with E-state index in [0.717, 1.165) is 0 Å². The van der Waals surface area contributed by atoms with E-state index in [0.29, 0.717) is 44.3 Å². The maximum absolute atomic E-state index is 13.2. The second kappa shape index (κ2) is 11.6. The van der Waals surface area contributed by atoms with Gasteiger partial charge in [-0.15, -0.1) is 24.0 Å². The predicted octanol–water partition coefficient (Wildman–Crippen LogP) is 3.40. The van der Waals surface area contributed by atoms with Crippen LogP contribution in [0.5, 0.6) is 5.75 Å². The fraction of sp³-hybridized carbons (Fsp3) is 0.611. The summed E-state index contributed by atoms with van der Waals surface area (Å²) in [5, 5.41) is 6.26. The first-order valence-electron chi connectivity index (χ1n) is 9.01. The van der Waals surface area contributed by atoms with Crippen LogP contribution in [-0.2, 0) is 0 Å². The van der Waals surface area contributed by atoms with E-state index in [1.165, 1.54) is 17.0 Å². The summed E-state index contributed by atoms with van der Waals surface area (Å²) >= 11 is 0. The average Bonchev–Trinajstić information content (AvgIpc) is 2.98. The molecule has 1 aliphatic rings. The van der Waals surface area contributed by atoms with Gasteiger partial charge in [0.2, 0.25) is 0 Å². The van der Waals surface area contributed by atoms with Gasteiger partial charge in [0.1, 0.15) is 17.7 Å². The van der Waals surface area contributed by atoms with Gasteiger partial charge in [-0.25, -0.2) is 9.38 Å². The van der Waals surface area contributed by atoms with Crippen LogP contribution in [0, 0.1) is 5.82 Å². The molecule has 2 rings (SSSR count). The van der Waals surface area contributed by atoms with Crippen molar-refractivity contribution in [2.75, 3.05) is 32.7 Å². The van der Waals surface area contributed by atoms with Crippen LogP contribution in [0.2, 0.25) is 0 Å². The molecule has 160 valence electrons. The molecule has 2 N–H and O–H groups in total. The van der Waals surface area contributed by atoms with Gasteiger partial charge >= 0.3 is 6.18 Å². The molecular weight excluding hydrogens is 491 g/mol. The quantitative estimate of drug-likeness (QED) is 0.252. The number of nitrogens with zero attached hydrogens (tertiary/aromatic N) is 2. The van der Waals surface area contributed by atoms with Gasteiger partial charge in [-0.3, -0.25) is 4.90 Å². The van der Waals surface area contributed by atoms with Gasteiger partial charge in [0, 0.05) is 31.7 Å². The largest absolute Gasteiger partial charge is 0.489 e. The highest BCUT2D eigenvalue weighted by Gasteiger charge is 2.34. The molecule has 1 saturated heterocycles. The minimum absolute atomic E-state index is 0. The predicted molar refractivity (Wildman–Crippen MR) is 112 cm³/mol. The van der Waals surface area contributed by atoms with Crippen LogP contribution in [-0.4, -0.2) is 61.9 Å². The number of hydrogen-bond acceptors (Lipinski definition) is 3. The number of guanidine groups is 1. The van der Waals surface area contributed by atoms with Crippen molar-refractivity contribution >= 4 is 29.9 Å². The van der Waals surface area contributed by atoms with Crippen LogP contribution in [0.1, 0.15) is 20.3 Å². The molecule has 0 radical (unpaired) electrons. The third kappa shape index (κ3) is 9.26. The van der Waals surface area contributed by atoms with Crippen LogP contribution >= 0.6 is 24.0 Å². The lowest BCUT2D eigenvalue weighted by Crippen LogP contribution is -2.45. The molecular formula is C18H27F4IN4O. The molecule has 1 heterocycles. The van der Waals surface area contributed by atoms with E-state index >= 15 is 0 Å². The van der Waals surface area contributed by atoms with Gasteiger partial charge in [-0.05, 0) is 32.4 Å². The van der Waals surface area contributed by atoms with Crippen molar-refractivity contribution in [1.29, 1.82) is 0 Å². The Kier molecular flexibility index (Phi) is 10.3. The van der Waals surface area contributed by atoms with Crippen molar-refractivity contribution < 1.29 is 22.3 Å². The summed E-state index contributed by atoms with van der Waals surface area (Å²) in [6, 6.07) is 5.79. The molecule has 28 heavy (non-hydrogen) atoms. The molecule has 10 heteroatoms. The monoisotopic (exact) mass is 518 g/mol. The van der Waals surface area contributed by atoms with E-state index in [9.17, 15) is 17.6 Å². The summed E-state index contributed by atoms with van der Waals surface area (Å²) < 4.78 is 56.3. The van der Waals surface area contributed by atoms with E-state index in [4.69, 9.17) is 4.74 Å². The molecule has 1 aliphatic heterocycles. The number of halogens is 5. The molecule has 2 unspecified atom stereocenters. The normalized spacial score (nSPS) is 19.1. The number of nitrogens with one attached hydrogen (secondary N) is 2. The summed E-state index contributed by atoms with van der Waals surface area (Å²) in [5.41, 5.74) is 0. The number of rotatable bonds is 7. The molecule has 0 spiro atoms. The Labute approximate surface area is 179 Å². The van der Waals surface area contributed by atoms with E-state index < -0.39 is 12.7 Å². The van der Waals surface area contributed by atoms with Crippen LogP contribution in [0.4, 0.5) is 17.6 Å². The Morgan fingerprint density at radius 1 is 1.39 bits per heavy atom. The molecule has 0 saturated carbocycles. The first kappa shape index (κ1) is 24.7. The van der Waals surface area contributed by atoms with Gasteiger partial charge < -0.3 is 15.4 Å². The van der Waals surface area contributed by atoms with Crippen LogP contribution < -0.4 is 15.4 Å². The molecule has 1 aromatic carbocycles. The van der Waals surface area contributed by atoms with Crippen LogP contribution in [0.25, 0.3) is 0 Å². The maximum Gasteiger partial charge on any atom is 0.401 e. The van der Waals surface area contributed by atoms with Crippen molar-refractivity contribution in [2.24, 2.45) is 4.99 Å². The minimum Gasteiger partial charge on any atom is -0.489 e. The number of hydrogen-bond donors (Lipinski definition) is 2. The summed E-state index contributed by atoms with van der Waals surface area (Å²) in [6.45, 7) is 4.51. The number of alkyl halides is 3. The van der Waals surface area contributed by atoms with Crippen molar-refractivity contribution in [1.82, 2.24) is 15.5 Å². The zero-order valence-corrected chi connectivity index (χ0v) is 18.3. The first-order chi connectivity index (χ1) is 12.7. The van der Waals surface area contributed by atoms with E-state index in [1.54, 1.807) is 12.1 Å². The molecule has 0 bridgehead atoms. The summed E-state index contributed by atoms with van der Waals surface area (Å²) in [4.78, 5) is 5.82. The molecule has 0 aliphatic carbocycles. The Hall–Kier alpha value is -1.30. The SMILES string of the molecule is CCNC(=NCC(C)Oc1cccc(F)c1)NC1CCN(CC(F)(F)F)C1.I. The highest BCUT2D eigenvalue weighted by molar-refractivity contribution is 14.0. The molecule has 0 amide bonds. The van der Waals surface area contributed by atoms with Crippen molar-refractivity contribution in [3.05, 3.63) is 30.1 Å². The lowest BCUT2D eigenvalue weighted by Gasteiger charge is -2.20. The van der Waals surface area contributed by atoms with Crippen molar-refractivity contribution in [3.8, 4) is 5.75 Å². The Balaban J connectivity index is 0.00000392. The third-order valence-corrected chi connectivity index (χ3v) is 4.00. The van der Waals surface area contributed by atoms with Crippen molar-refractivity contribution in [3.63, 3.8) is 0 Å². The summed E-state index contributed by atoms with van der Waals surface area (Å²) in [5.74, 6) is 0.586. The fourth-order valence-corrected chi connectivity index (χ4v) is 2.89. The molecule has 1 aromatic rings. The van der Waals surface area contributed by atoms with Crippen LogP contribution in [0.15, 0.2) is 29.3 Å². The highest BCUT2D eigenvalue weighted by Crippen LogP contribution is 2.20. The number of likely N-dealkylation sites (tertiary alicyclic amines) is 1. The summed E-state index contributed by atoms with van der Waals surface area (Å²) in [7, 11) is 0. The van der Waals surface area contributed by atoms with Gasteiger partial charge in [0.15, 0.2) is 5.96 Å². The molecule has 1 fully saturated rings. The standard InChI is InChI=1S/C18H26F4N4O.HI/c1-3-23-17(25-15-7-8-26(11-15)12-18(20,21)22)24-10-13(2)27-16-6-4-5-14(19)9-16;/h4-6,9,13,15H,3,7-8,10-12H2,1-2H3,(H2,23,24,25);1H. The van der Waals surface area contributed by atoms with Gasteiger partial charge in [-0.1, -0.05) is 6.07 Å². The van der Waals surface area contributed by atoms with Gasteiger partial charge in [-0.2, -0.15) is 13.2 Å². The van der Waals surface area contributed by atoms with Gasteiger partial charge in [0.05, 0.1) is 13.1 Å². The number of ether oxygens (including phenoxy) is 1. The first-order valence-corrected chi connectivity index (χ1v) is 9.01. The fourth-order valence-electron chi connectivity index (χ4n) is 2.89. The van der Waals surface area contributed by atoms with Crippen LogP contribution in [0.3, 0.4) is 0 Å². The van der Waals surface area contributed by atoms with Gasteiger partial charge in [0.25, 0.3) is 0 Å². The molecule has 0 aromatic heterocycles. The van der Waals surface area contributed by atoms with E-state index in [2.05, 4.69) is 15.6 Å². The lowest BCUT2D eigenvalue weighted by molar-refractivity contribution is -0.143. The third-order valence-electron chi connectivity index (χ3n) is 4.00. The Bertz CT molecular complexity index is 630. The second-order valence-corrected chi connectivity index (χ2v) is 6.59. The minimum atomic E-state index is -4.18. The number of aliphatic imine (C=N–C) groups is 1.